The van der Waals surface area contributed by atoms with Crippen molar-refractivity contribution in [3.05, 3.63) is 0 Å². The number of carbonyl (C=O) groups excluding carboxylic acids is 1. The molecule has 1 amide bonds. The molecule has 2 N–H and O–H groups in total. The van der Waals surface area contributed by atoms with Crippen molar-refractivity contribution >= 4 is 5.91 Å². The minimum atomic E-state index is -0.620. The molecule has 0 fully saturated rings. The van der Waals surface area contributed by atoms with E-state index in [1.807, 2.05) is 0 Å². The van der Waals surface area contributed by atoms with Crippen LogP contribution in [0.25, 0.3) is 0 Å². The summed E-state index contributed by atoms with van der Waals surface area (Å²) in [5.41, 5.74) is 1.57. The molecular formula is C17H34N4O. The molecule has 5 nitrogen and oxygen atoms in total. The van der Waals surface area contributed by atoms with Gasteiger partial charge in [0.2, 0.25) is 0 Å². The van der Waals surface area contributed by atoms with Gasteiger partial charge in [-0.15, -0.1) is 0 Å². The molecule has 22 heavy (non-hydrogen) atoms. The second-order valence-electron chi connectivity index (χ2n) is 6.38. The Morgan fingerprint density at radius 1 is 1.00 bits per heavy atom. The molecule has 0 aromatic heterocycles. The Bertz CT molecular complexity index is 372. The fourth-order valence-electron chi connectivity index (χ4n) is 3.55. The molecule has 5 heteroatoms. The minimum Gasteiger partial charge on any atom is -0.301 e. The van der Waals surface area contributed by atoms with Crippen LogP contribution in [-0.2, 0) is 4.79 Å². The van der Waals surface area contributed by atoms with E-state index in [0.717, 1.165) is 45.1 Å². The Kier molecular flexibility index (Phi) is 8.01. The van der Waals surface area contributed by atoms with Gasteiger partial charge < -0.3 is 5.32 Å². The molecule has 1 rings (SSSR count). The fourth-order valence-corrected chi connectivity index (χ4v) is 3.55. The van der Waals surface area contributed by atoms with Gasteiger partial charge in [0.15, 0.2) is 0 Å². The van der Waals surface area contributed by atoms with E-state index in [1.165, 1.54) is 19.3 Å². The lowest BCUT2D eigenvalue weighted by Crippen LogP contribution is -2.70. The highest BCUT2D eigenvalue weighted by molar-refractivity contribution is 5.88. The lowest BCUT2D eigenvalue weighted by Gasteiger charge is -2.47. The Morgan fingerprint density at radius 2 is 1.73 bits per heavy atom. The summed E-state index contributed by atoms with van der Waals surface area (Å²) in [6.07, 6.45) is 9.45. The van der Waals surface area contributed by atoms with Crippen LogP contribution in [-0.4, -0.2) is 23.5 Å². The van der Waals surface area contributed by atoms with Crippen molar-refractivity contribution in [1.29, 1.82) is 0 Å². The van der Waals surface area contributed by atoms with E-state index in [2.05, 4.69) is 48.8 Å². The molecule has 2 atom stereocenters. The van der Waals surface area contributed by atoms with Crippen molar-refractivity contribution in [2.75, 3.05) is 6.54 Å². The first-order valence-electron chi connectivity index (χ1n) is 9.09. The van der Waals surface area contributed by atoms with Gasteiger partial charge in [0, 0.05) is 0 Å². The second kappa shape index (κ2) is 9.23. The summed E-state index contributed by atoms with van der Waals surface area (Å²) >= 11 is 0. The molecule has 1 aliphatic heterocycles. The molecule has 1 aliphatic rings. The number of amides is 1. The van der Waals surface area contributed by atoms with E-state index in [4.69, 9.17) is 0 Å². The highest BCUT2D eigenvalue weighted by atomic mass is 16.2. The highest BCUT2D eigenvalue weighted by Crippen LogP contribution is 2.40. The predicted octanol–water partition coefficient (Wildman–Crippen LogP) is 4.14. The zero-order valence-corrected chi connectivity index (χ0v) is 14.9. The number of carbonyl (C=O) groups is 1. The number of hydrogen-bond donors (Lipinski definition) is 2. The number of nitrogens with one attached hydrogen (secondary N) is 2. The zero-order chi connectivity index (χ0) is 16.5. The van der Waals surface area contributed by atoms with Gasteiger partial charge in [-0.2, -0.15) is 5.11 Å². The zero-order valence-electron chi connectivity index (χ0n) is 14.9. The summed E-state index contributed by atoms with van der Waals surface area (Å²) in [5, 5.41) is 12.1. The first kappa shape index (κ1) is 19.1. The van der Waals surface area contributed by atoms with Crippen LogP contribution < -0.4 is 10.7 Å². The third-order valence-electron chi connectivity index (χ3n) is 5.09. The average molecular weight is 310 g/mol. The van der Waals surface area contributed by atoms with Gasteiger partial charge >= 0.3 is 0 Å². The standard InChI is InChI=1S/C17H34N4O/c1-5-9-11-12-13-16(7-3)17(8-4,18-14-10-6-2)15(22)19-21-20-16/h18H,5-14H2,1-4H3,(H,19,20,22). The topological polar surface area (TPSA) is 65.8 Å². The maximum atomic E-state index is 12.7. The first-order valence-corrected chi connectivity index (χ1v) is 9.09. The van der Waals surface area contributed by atoms with E-state index in [9.17, 15) is 4.79 Å². The van der Waals surface area contributed by atoms with Crippen LogP contribution in [0, 0.1) is 0 Å². The monoisotopic (exact) mass is 310 g/mol. The number of rotatable bonds is 11. The van der Waals surface area contributed by atoms with E-state index in [-0.39, 0.29) is 5.91 Å². The van der Waals surface area contributed by atoms with Gasteiger partial charge in [0.25, 0.3) is 5.91 Å². The van der Waals surface area contributed by atoms with E-state index in [1.54, 1.807) is 0 Å². The largest absolute Gasteiger partial charge is 0.301 e. The number of unbranched alkanes of at least 4 members (excludes halogenated alkanes) is 4. The smallest absolute Gasteiger partial charge is 0.264 e. The summed E-state index contributed by atoms with van der Waals surface area (Å²) in [5.74, 6) is -0.0153. The Labute approximate surface area is 135 Å². The minimum absolute atomic E-state index is 0.0153. The van der Waals surface area contributed by atoms with Gasteiger partial charge in [-0.25, -0.2) is 5.43 Å². The summed E-state index contributed by atoms with van der Waals surface area (Å²) in [6.45, 7) is 9.44. The maximum absolute atomic E-state index is 12.7. The molecule has 0 aromatic rings. The average Bonchev–Trinajstić information content (AvgIpc) is 2.54. The quantitative estimate of drug-likeness (QED) is 0.563. The molecule has 0 radical (unpaired) electrons. The van der Waals surface area contributed by atoms with Crippen LogP contribution in [0.2, 0.25) is 0 Å². The van der Waals surface area contributed by atoms with E-state index in [0.29, 0.717) is 0 Å². The Hall–Kier alpha value is -0.970. The third kappa shape index (κ3) is 3.86. The number of hydrogen-bond acceptors (Lipinski definition) is 4. The SMILES string of the molecule is CCCCCCC1(CC)N=NNC(=O)C1(CC)NCCCC. The molecule has 0 spiro atoms. The number of nitrogens with zero attached hydrogens (tertiary/aromatic N) is 2. The fraction of sp³-hybridized carbons (Fsp3) is 0.941. The predicted molar refractivity (Wildman–Crippen MR) is 90.7 cm³/mol. The molecule has 2 unspecified atom stereocenters. The molecule has 1 heterocycles. The lowest BCUT2D eigenvalue weighted by molar-refractivity contribution is -0.133. The van der Waals surface area contributed by atoms with Crippen molar-refractivity contribution in [3.8, 4) is 0 Å². The molecule has 0 bridgehead atoms. The maximum Gasteiger partial charge on any atom is 0.264 e. The van der Waals surface area contributed by atoms with Gasteiger partial charge in [-0.3, -0.25) is 4.79 Å². The van der Waals surface area contributed by atoms with Gasteiger partial charge in [0.1, 0.15) is 11.1 Å². The Morgan fingerprint density at radius 3 is 2.32 bits per heavy atom. The van der Waals surface area contributed by atoms with Gasteiger partial charge in [0.05, 0.1) is 0 Å². The van der Waals surface area contributed by atoms with Crippen LogP contribution in [0.4, 0.5) is 0 Å². The van der Waals surface area contributed by atoms with Crippen LogP contribution in [0.5, 0.6) is 0 Å². The highest BCUT2D eigenvalue weighted by Gasteiger charge is 2.56. The first-order chi connectivity index (χ1) is 10.6. The summed E-state index contributed by atoms with van der Waals surface area (Å²) in [4.78, 5) is 12.7. The molecule has 0 aliphatic carbocycles. The normalized spacial score (nSPS) is 27.9. The van der Waals surface area contributed by atoms with Crippen molar-refractivity contribution in [3.63, 3.8) is 0 Å². The Balaban J connectivity index is 2.97. The summed E-state index contributed by atoms with van der Waals surface area (Å²) in [7, 11) is 0. The van der Waals surface area contributed by atoms with Crippen molar-refractivity contribution in [2.45, 2.75) is 96.6 Å². The summed E-state index contributed by atoms with van der Waals surface area (Å²) < 4.78 is 0. The van der Waals surface area contributed by atoms with Gasteiger partial charge in [-0.1, -0.05) is 65.0 Å². The molecule has 0 saturated carbocycles. The van der Waals surface area contributed by atoms with Crippen LogP contribution in [0.15, 0.2) is 10.3 Å². The van der Waals surface area contributed by atoms with Crippen molar-refractivity contribution < 1.29 is 4.79 Å². The molecule has 0 saturated heterocycles. The van der Waals surface area contributed by atoms with Crippen molar-refractivity contribution in [1.82, 2.24) is 10.7 Å². The molecular weight excluding hydrogens is 276 g/mol. The second-order valence-corrected chi connectivity index (χ2v) is 6.38. The van der Waals surface area contributed by atoms with E-state index < -0.39 is 11.1 Å². The van der Waals surface area contributed by atoms with Crippen LogP contribution >= 0.6 is 0 Å². The third-order valence-corrected chi connectivity index (χ3v) is 5.09. The molecule has 0 aromatic carbocycles. The van der Waals surface area contributed by atoms with Gasteiger partial charge in [-0.05, 0) is 32.2 Å². The molecule has 128 valence electrons. The van der Waals surface area contributed by atoms with Crippen LogP contribution in [0.1, 0.15) is 85.5 Å². The van der Waals surface area contributed by atoms with Crippen LogP contribution in [0.3, 0.4) is 0 Å². The van der Waals surface area contributed by atoms with E-state index >= 15 is 0 Å². The van der Waals surface area contributed by atoms with Crippen molar-refractivity contribution in [2.24, 2.45) is 10.3 Å². The summed E-state index contributed by atoms with van der Waals surface area (Å²) in [6, 6.07) is 0. The lowest BCUT2D eigenvalue weighted by atomic mass is 9.69.